The monoisotopic (exact) mass is 402 g/mol. The van der Waals surface area contributed by atoms with Crippen LogP contribution in [0.4, 0.5) is 0 Å². The molecule has 0 bridgehead atoms. The number of nitrogens with one attached hydrogen (secondary N) is 2. The largest absolute Gasteiger partial charge is 0.550 e. The third-order valence-corrected chi connectivity index (χ3v) is 4.38. The van der Waals surface area contributed by atoms with E-state index < -0.39 is 5.97 Å². The highest BCUT2D eigenvalue weighted by Gasteiger charge is 2.13. The summed E-state index contributed by atoms with van der Waals surface area (Å²) in [6.07, 6.45) is 0.189. The maximum atomic E-state index is 10.6. The van der Waals surface area contributed by atoms with Crippen molar-refractivity contribution in [2.24, 2.45) is 5.10 Å². The molecular weight excluding hydrogens is 382 g/mol. The molecule has 0 saturated carbocycles. The van der Waals surface area contributed by atoms with Gasteiger partial charge in [-0.15, -0.1) is 0 Å². The molecule has 0 radical (unpaired) electrons. The molecule has 9 heteroatoms. The van der Waals surface area contributed by atoms with Crippen LogP contribution < -0.4 is 25.3 Å². The Balaban J connectivity index is 1.52. The van der Waals surface area contributed by atoms with Gasteiger partial charge in [0.25, 0.3) is 0 Å². The highest BCUT2D eigenvalue weighted by molar-refractivity contribution is 7.80. The van der Waals surface area contributed by atoms with Crippen LogP contribution in [0.3, 0.4) is 0 Å². The van der Waals surface area contributed by atoms with Crippen molar-refractivity contribution in [3.05, 3.63) is 46.9 Å². The van der Waals surface area contributed by atoms with Crippen LogP contribution in [0.25, 0.3) is 0 Å². The molecule has 2 heterocycles. The number of thiocarbonyl (C=S) groups is 1. The first-order valence-electron chi connectivity index (χ1n) is 8.68. The van der Waals surface area contributed by atoms with Gasteiger partial charge in [-0.25, -0.2) is 0 Å². The highest BCUT2D eigenvalue weighted by Crippen LogP contribution is 2.32. The fourth-order valence-corrected chi connectivity index (χ4v) is 2.84. The normalized spacial score (nSPS) is 12.7. The lowest BCUT2D eigenvalue weighted by atomic mass is 10.1. The highest BCUT2D eigenvalue weighted by atomic mass is 32.1. The third-order valence-electron chi connectivity index (χ3n) is 4.15. The Morgan fingerprint density at radius 2 is 2.07 bits per heavy atom. The number of benzene rings is 1. The van der Waals surface area contributed by atoms with Gasteiger partial charge in [-0.05, 0) is 56.2 Å². The van der Waals surface area contributed by atoms with Gasteiger partial charge in [0.15, 0.2) is 16.6 Å². The molecule has 1 aliphatic heterocycles. The number of furan rings is 1. The van der Waals surface area contributed by atoms with Gasteiger partial charge in [0.05, 0.1) is 5.71 Å². The zero-order chi connectivity index (χ0) is 20.1. The average molecular weight is 402 g/mol. The van der Waals surface area contributed by atoms with Crippen LogP contribution in [-0.2, 0) is 17.8 Å². The van der Waals surface area contributed by atoms with Crippen molar-refractivity contribution in [1.82, 2.24) is 10.7 Å². The number of ether oxygens (including phenoxy) is 2. The van der Waals surface area contributed by atoms with Gasteiger partial charge in [-0.3, -0.25) is 5.43 Å². The van der Waals surface area contributed by atoms with E-state index in [2.05, 4.69) is 15.8 Å². The Labute approximate surface area is 167 Å². The van der Waals surface area contributed by atoms with E-state index in [9.17, 15) is 9.90 Å². The van der Waals surface area contributed by atoms with Crippen molar-refractivity contribution >= 4 is 29.0 Å². The lowest BCUT2D eigenvalue weighted by Gasteiger charge is -2.08. The van der Waals surface area contributed by atoms with Gasteiger partial charge >= 0.3 is 0 Å². The van der Waals surface area contributed by atoms with E-state index in [4.69, 9.17) is 26.1 Å². The fourth-order valence-electron chi connectivity index (χ4n) is 2.72. The predicted octanol–water partition coefficient (Wildman–Crippen LogP) is 1.39. The Morgan fingerprint density at radius 1 is 1.29 bits per heavy atom. The summed E-state index contributed by atoms with van der Waals surface area (Å²) in [6, 6.07) is 7.47. The Bertz CT molecular complexity index is 922. The van der Waals surface area contributed by atoms with E-state index in [0.717, 1.165) is 22.6 Å². The number of nitrogens with zero attached hydrogens (tertiary/aromatic N) is 1. The predicted molar refractivity (Wildman–Crippen MR) is 104 cm³/mol. The van der Waals surface area contributed by atoms with Gasteiger partial charge in [0.2, 0.25) is 6.79 Å². The first kappa shape index (κ1) is 19.7. The molecule has 2 aromatic rings. The molecule has 0 unspecified atom stereocenters. The van der Waals surface area contributed by atoms with E-state index in [1.165, 1.54) is 0 Å². The van der Waals surface area contributed by atoms with Crippen LogP contribution >= 0.6 is 12.2 Å². The van der Waals surface area contributed by atoms with Crippen LogP contribution in [0.2, 0.25) is 0 Å². The van der Waals surface area contributed by atoms with E-state index in [1.807, 2.05) is 25.1 Å². The van der Waals surface area contributed by atoms with Gasteiger partial charge in [0, 0.05) is 24.5 Å². The van der Waals surface area contributed by atoms with Gasteiger partial charge in [0.1, 0.15) is 11.5 Å². The molecule has 0 aliphatic carbocycles. The zero-order valence-electron chi connectivity index (χ0n) is 15.5. The summed E-state index contributed by atoms with van der Waals surface area (Å²) in [7, 11) is 0. The SMILES string of the molecule is C/C(=N/NC(=S)NCc1ccc2c(c1)OCO2)c1cc(CCC(=O)[O-])oc1C. The number of hydrazone groups is 1. The number of carbonyl (C=O) groups is 1. The van der Waals surface area contributed by atoms with Crippen LogP contribution in [0.1, 0.15) is 36.0 Å². The van der Waals surface area contributed by atoms with Crippen LogP contribution in [-0.4, -0.2) is 23.6 Å². The summed E-state index contributed by atoms with van der Waals surface area (Å²) in [5, 5.41) is 18.3. The number of carbonyl (C=O) groups excluding carboxylic acids is 1. The molecule has 1 aromatic carbocycles. The van der Waals surface area contributed by atoms with E-state index >= 15 is 0 Å². The summed E-state index contributed by atoms with van der Waals surface area (Å²) < 4.78 is 16.2. The van der Waals surface area contributed by atoms with Crippen molar-refractivity contribution in [3.8, 4) is 11.5 Å². The minimum Gasteiger partial charge on any atom is -0.550 e. The smallest absolute Gasteiger partial charge is 0.231 e. The van der Waals surface area contributed by atoms with E-state index in [1.54, 1.807) is 13.0 Å². The summed E-state index contributed by atoms with van der Waals surface area (Å²) in [5.74, 6) is 1.59. The van der Waals surface area contributed by atoms with Gasteiger partial charge < -0.3 is 29.1 Å². The lowest BCUT2D eigenvalue weighted by Crippen LogP contribution is -2.32. The van der Waals surface area contributed by atoms with E-state index in [-0.39, 0.29) is 19.6 Å². The Hall–Kier alpha value is -3.07. The number of aryl methyl sites for hydroxylation is 2. The molecule has 0 saturated heterocycles. The molecule has 3 rings (SSSR count). The Morgan fingerprint density at radius 3 is 2.86 bits per heavy atom. The van der Waals surface area contributed by atoms with Gasteiger partial charge in [-0.1, -0.05) is 6.07 Å². The lowest BCUT2D eigenvalue weighted by molar-refractivity contribution is -0.305. The first-order valence-corrected chi connectivity index (χ1v) is 9.09. The summed E-state index contributed by atoms with van der Waals surface area (Å²) in [4.78, 5) is 10.6. The second kappa shape index (κ2) is 8.75. The third kappa shape index (κ3) is 5.01. The van der Waals surface area contributed by atoms with Gasteiger partial charge in [-0.2, -0.15) is 5.10 Å². The van der Waals surface area contributed by atoms with Crippen molar-refractivity contribution in [1.29, 1.82) is 0 Å². The summed E-state index contributed by atoms with van der Waals surface area (Å²) in [5.41, 5.74) is 5.26. The molecular formula is C19H20N3O5S-. The quantitative estimate of drug-likeness (QED) is 0.406. The summed E-state index contributed by atoms with van der Waals surface area (Å²) >= 11 is 5.25. The second-order valence-electron chi connectivity index (χ2n) is 6.23. The average Bonchev–Trinajstić information content (AvgIpc) is 3.28. The maximum Gasteiger partial charge on any atom is 0.231 e. The standard InChI is InChI=1S/C19H21N3O5S/c1-11(15-8-14(27-12(15)2)4-6-18(23)24)21-22-19(28)20-9-13-3-5-16-17(7-13)26-10-25-16/h3,5,7-8H,4,6,9-10H2,1-2H3,(H,23,24)(H2,20,22,28)/p-1/b21-11-. The van der Waals surface area contributed by atoms with Crippen molar-refractivity contribution in [2.45, 2.75) is 33.2 Å². The number of aliphatic carboxylic acids is 1. The maximum absolute atomic E-state index is 10.6. The molecule has 0 spiro atoms. The number of hydrogen-bond acceptors (Lipinski definition) is 7. The first-order chi connectivity index (χ1) is 13.4. The number of fused-ring (bicyclic) bond motifs is 1. The number of hydrogen-bond donors (Lipinski definition) is 2. The molecule has 1 aliphatic rings. The summed E-state index contributed by atoms with van der Waals surface area (Å²) in [6.45, 7) is 4.36. The Kier molecular flexibility index (Phi) is 6.15. The zero-order valence-corrected chi connectivity index (χ0v) is 16.4. The topological polar surface area (TPSA) is 108 Å². The molecule has 0 amide bonds. The van der Waals surface area contributed by atoms with Crippen molar-refractivity contribution < 1.29 is 23.8 Å². The number of carboxylic acid groups (broad SMARTS) is 1. The molecule has 8 nitrogen and oxygen atoms in total. The number of rotatable bonds is 7. The van der Waals surface area contributed by atoms with Crippen LogP contribution in [0.15, 0.2) is 33.8 Å². The van der Waals surface area contributed by atoms with Crippen LogP contribution in [0.5, 0.6) is 11.5 Å². The van der Waals surface area contributed by atoms with E-state index in [0.29, 0.717) is 28.9 Å². The number of carboxylic acids is 1. The molecule has 1 aromatic heterocycles. The molecule has 0 fully saturated rings. The minimum atomic E-state index is -1.11. The molecule has 28 heavy (non-hydrogen) atoms. The minimum absolute atomic E-state index is 0.0886. The van der Waals surface area contributed by atoms with Crippen molar-refractivity contribution in [3.63, 3.8) is 0 Å². The molecule has 2 N–H and O–H groups in total. The second-order valence-corrected chi connectivity index (χ2v) is 6.64. The fraction of sp³-hybridized carbons (Fsp3) is 0.316. The van der Waals surface area contributed by atoms with Crippen molar-refractivity contribution in [2.75, 3.05) is 6.79 Å². The molecule has 0 atom stereocenters. The molecule has 148 valence electrons. The van der Waals surface area contributed by atoms with Crippen LogP contribution in [0, 0.1) is 6.92 Å².